The van der Waals surface area contributed by atoms with Crippen LogP contribution in [0.15, 0.2) is 5.38 Å². The lowest BCUT2D eigenvalue weighted by Gasteiger charge is -2.33. The smallest absolute Gasteiger partial charge is 0.240 e. The van der Waals surface area contributed by atoms with Gasteiger partial charge < -0.3 is 11.1 Å². The van der Waals surface area contributed by atoms with Crippen LogP contribution in [0, 0.1) is 6.92 Å². The van der Waals surface area contributed by atoms with Gasteiger partial charge in [0.25, 0.3) is 0 Å². The maximum atomic E-state index is 12.4. The number of hydrogen-bond acceptors (Lipinski definition) is 4. The third kappa shape index (κ3) is 5.09. The third-order valence-electron chi connectivity index (χ3n) is 3.85. The van der Waals surface area contributed by atoms with E-state index in [2.05, 4.69) is 17.2 Å². The molecule has 1 aliphatic rings. The van der Waals surface area contributed by atoms with Crippen molar-refractivity contribution in [2.45, 2.75) is 64.0 Å². The number of halogens is 2. The Morgan fingerprint density at radius 1 is 1.43 bits per heavy atom. The van der Waals surface area contributed by atoms with Gasteiger partial charge in [0.1, 0.15) is 5.01 Å². The molecular weight excluding hydrogens is 329 g/mol. The Hall–Kier alpha value is -0.360. The molecule has 1 aromatic rings. The van der Waals surface area contributed by atoms with E-state index in [0.29, 0.717) is 0 Å². The number of amides is 1. The topological polar surface area (TPSA) is 68.0 Å². The molecule has 1 aliphatic carbocycles. The van der Waals surface area contributed by atoms with Gasteiger partial charge in [0, 0.05) is 11.1 Å². The minimum absolute atomic E-state index is 0. The van der Waals surface area contributed by atoms with Crippen molar-refractivity contribution in [3.63, 3.8) is 0 Å². The Kier molecular flexibility index (Phi) is 8.78. The van der Waals surface area contributed by atoms with Gasteiger partial charge in [0.05, 0.1) is 11.6 Å². The minimum Gasteiger partial charge on any atom is -0.345 e. The zero-order valence-electron chi connectivity index (χ0n) is 12.6. The van der Waals surface area contributed by atoms with Crippen molar-refractivity contribution in [3.8, 4) is 0 Å². The van der Waals surface area contributed by atoms with Crippen molar-refractivity contribution < 1.29 is 4.79 Å². The molecule has 0 radical (unpaired) electrons. The van der Waals surface area contributed by atoms with Crippen LogP contribution < -0.4 is 11.1 Å². The minimum atomic E-state index is -0.669. The Morgan fingerprint density at radius 3 is 2.52 bits per heavy atom. The number of carbonyl (C=O) groups excluding carboxylic acids is 1. The van der Waals surface area contributed by atoms with Gasteiger partial charge in [-0.3, -0.25) is 4.79 Å². The van der Waals surface area contributed by atoms with Gasteiger partial charge in [-0.1, -0.05) is 26.2 Å². The number of rotatable bonds is 4. The Bertz CT molecular complexity index is 447. The molecule has 0 aliphatic heterocycles. The SMILES string of the molecule is CCC(NC(=O)C1(N)CCCCC1)c1nc(C)cs1.Cl.Cl. The molecule has 0 aromatic carbocycles. The van der Waals surface area contributed by atoms with E-state index < -0.39 is 5.54 Å². The van der Waals surface area contributed by atoms with Gasteiger partial charge in [-0.25, -0.2) is 4.98 Å². The van der Waals surface area contributed by atoms with Crippen LogP contribution in [0.25, 0.3) is 0 Å². The van der Waals surface area contributed by atoms with Crippen LogP contribution in [0.1, 0.15) is 62.2 Å². The second-order valence-electron chi connectivity index (χ2n) is 5.48. The number of nitrogens with one attached hydrogen (secondary N) is 1. The zero-order valence-corrected chi connectivity index (χ0v) is 15.0. The molecule has 122 valence electrons. The van der Waals surface area contributed by atoms with Crippen molar-refractivity contribution >= 4 is 42.1 Å². The van der Waals surface area contributed by atoms with Gasteiger partial charge >= 0.3 is 0 Å². The van der Waals surface area contributed by atoms with Crippen LogP contribution in [0.4, 0.5) is 0 Å². The second-order valence-corrected chi connectivity index (χ2v) is 6.37. The molecular formula is C14H25Cl2N3OS. The molecule has 0 spiro atoms. The first-order valence-corrected chi connectivity index (χ1v) is 7.95. The fraction of sp³-hybridized carbons (Fsp3) is 0.714. The Labute approximate surface area is 143 Å². The predicted molar refractivity (Wildman–Crippen MR) is 92.5 cm³/mol. The third-order valence-corrected chi connectivity index (χ3v) is 4.92. The summed E-state index contributed by atoms with van der Waals surface area (Å²) in [4.78, 5) is 16.9. The first-order valence-electron chi connectivity index (χ1n) is 7.07. The first-order chi connectivity index (χ1) is 9.05. The monoisotopic (exact) mass is 353 g/mol. The molecule has 1 amide bonds. The van der Waals surface area contributed by atoms with Gasteiger partial charge in [-0.05, 0) is 26.2 Å². The van der Waals surface area contributed by atoms with Gasteiger partial charge in [-0.2, -0.15) is 0 Å². The maximum Gasteiger partial charge on any atom is 0.240 e. The van der Waals surface area contributed by atoms with Crippen molar-refractivity contribution in [2.75, 3.05) is 0 Å². The summed E-state index contributed by atoms with van der Waals surface area (Å²) in [5.41, 5.74) is 6.60. The summed E-state index contributed by atoms with van der Waals surface area (Å²) in [6.07, 6.45) is 5.73. The zero-order chi connectivity index (χ0) is 13.9. The van der Waals surface area contributed by atoms with E-state index >= 15 is 0 Å². The molecule has 1 atom stereocenters. The number of carbonyl (C=O) groups is 1. The number of hydrogen-bond donors (Lipinski definition) is 2. The van der Waals surface area contributed by atoms with Crippen LogP contribution in [0.5, 0.6) is 0 Å². The number of nitrogens with zero attached hydrogens (tertiary/aromatic N) is 1. The summed E-state index contributed by atoms with van der Waals surface area (Å²) in [6.45, 7) is 4.03. The summed E-state index contributed by atoms with van der Waals surface area (Å²) >= 11 is 1.60. The number of nitrogens with two attached hydrogens (primary N) is 1. The lowest BCUT2D eigenvalue weighted by Crippen LogP contribution is -2.55. The summed E-state index contributed by atoms with van der Waals surface area (Å²) in [5.74, 6) is -0.00750. The fourth-order valence-electron chi connectivity index (χ4n) is 2.58. The summed E-state index contributed by atoms with van der Waals surface area (Å²) in [5, 5.41) is 6.09. The number of aryl methyl sites for hydroxylation is 1. The quantitative estimate of drug-likeness (QED) is 0.869. The molecule has 1 fully saturated rings. The molecule has 3 N–H and O–H groups in total. The van der Waals surface area contributed by atoms with Crippen LogP contribution >= 0.6 is 36.2 Å². The fourth-order valence-corrected chi connectivity index (χ4v) is 3.51. The van der Waals surface area contributed by atoms with E-state index in [4.69, 9.17) is 5.73 Å². The predicted octanol–water partition coefficient (Wildman–Crippen LogP) is 3.52. The van der Waals surface area contributed by atoms with Crippen molar-refractivity contribution in [3.05, 3.63) is 16.1 Å². The molecule has 0 saturated heterocycles. The van der Waals surface area contributed by atoms with Gasteiger partial charge in [0.2, 0.25) is 5.91 Å². The van der Waals surface area contributed by atoms with Crippen LogP contribution in [-0.4, -0.2) is 16.4 Å². The Balaban J connectivity index is 0.00000200. The number of aromatic nitrogens is 1. The van der Waals surface area contributed by atoms with E-state index in [1.807, 2.05) is 12.3 Å². The maximum absolute atomic E-state index is 12.4. The van der Waals surface area contributed by atoms with Crippen molar-refractivity contribution in [1.82, 2.24) is 10.3 Å². The van der Waals surface area contributed by atoms with E-state index in [1.165, 1.54) is 6.42 Å². The lowest BCUT2D eigenvalue weighted by atomic mass is 9.81. The largest absolute Gasteiger partial charge is 0.345 e. The van der Waals surface area contributed by atoms with Crippen LogP contribution in [-0.2, 0) is 4.79 Å². The van der Waals surface area contributed by atoms with E-state index in [9.17, 15) is 4.79 Å². The lowest BCUT2D eigenvalue weighted by molar-refractivity contribution is -0.128. The van der Waals surface area contributed by atoms with Crippen molar-refractivity contribution in [2.24, 2.45) is 5.73 Å². The molecule has 1 heterocycles. The molecule has 1 saturated carbocycles. The average Bonchev–Trinajstić information content (AvgIpc) is 2.83. The summed E-state index contributed by atoms with van der Waals surface area (Å²) < 4.78 is 0. The molecule has 0 bridgehead atoms. The van der Waals surface area contributed by atoms with Crippen LogP contribution in [0.2, 0.25) is 0 Å². The highest BCUT2D eigenvalue weighted by Crippen LogP contribution is 2.28. The Morgan fingerprint density at radius 2 is 2.05 bits per heavy atom. The summed E-state index contributed by atoms with van der Waals surface area (Å²) in [7, 11) is 0. The van der Waals surface area contributed by atoms with Gasteiger partial charge in [0.15, 0.2) is 0 Å². The molecule has 7 heteroatoms. The highest BCUT2D eigenvalue weighted by atomic mass is 35.5. The average molecular weight is 354 g/mol. The van der Waals surface area contributed by atoms with E-state index in [0.717, 1.165) is 42.8 Å². The number of thiazole rings is 1. The molecule has 1 unspecified atom stereocenters. The van der Waals surface area contributed by atoms with Crippen LogP contribution in [0.3, 0.4) is 0 Å². The normalized spacial score (nSPS) is 18.0. The highest BCUT2D eigenvalue weighted by Gasteiger charge is 2.36. The molecule has 4 nitrogen and oxygen atoms in total. The first kappa shape index (κ1) is 20.6. The molecule has 21 heavy (non-hydrogen) atoms. The molecule has 2 rings (SSSR count). The van der Waals surface area contributed by atoms with Gasteiger partial charge in [-0.15, -0.1) is 36.2 Å². The van der Waals surface area contributed by atoms with E-state index in [1.54, 1.807) is 11.3 Å². The second kappa shape index (κ2) is 8.93. The highest BCUT2D eigenvalue weighted by molar-refractivity contribution is 7.09. The molecule has 1 aromatic heterocycles. The van der Waals surface area contributed by atoms with E-state index in [-0.39, 0.29) is 36.8 Å². The van der Waals surface area contributed by atoms with Crippen molar-refractivity contribution in [1.29, 1.82) is 0 Å². The standard InChI is InChI=1S/C14H23N3OS.2ClH/c1-3-11(12-16-10(2)9-19-12)17-13(18)14(15)7-5-4-6-8-14;;/h9,11H,3-8,15H2,1-2H3,(H,17,18);2*1H. The summed E-state index contributed by atoms with van der Waals surface area (Å²) in [6, 6.07) is -0.00597.